The van der Waals surface area contributed by atoms with E-state index >= 15 is 0 Å². The van der Waals surface area contributed by atoms with Crippen LogP contribution >= 0.6 is 0 Å². The van der Waals surface area contributed by atoms with Gasteiger partial charge in [-0.1, -0.05) is 0 Å². The number of hydrogen-bond donors (Lipinski definition) is 2. The van der Waals surface area contributed by atoms with Gasteiger partial charge in [0.1, 0.15) is 0 Å². The molecule has 1 unspecified atom stereocenters. The molecule has 0 saturated carbocycles. The number of methoxy groups -OCH3 is 1. The van der Waals surface area contributed by atoms with E-state index in [4.69, 9.17) is 4.74 Å². The van der Waals surface area contributed by atoms with E-state index in [1.165, 1.54) is 7.11 Å². The number of nitrogens with one attached hydrogen (secondary N) is 1. The van der Waals surface area contributed by atoms with Gasteiger partial charge in [-0.2, -0.15) is 0 Å². The van der Waals surface area contributed by atoms with Crippen molar-refractivity contribution in [2.45, 2.75) is 19.6 Å². The fraction of sp³-hybridized carbons (Fsp3) is 0.500. The van der Waals surface area contributed by atoms with Gasteiger partial charge in [-0.05, 0) is 6.92 Å². The lowest BCUT2D eigenvalue weighted by Crippen LogP contribution is -2.32. The third-order valence-corrected chi connectivity index (χ3v) is 1.85. The molecule has 1 aromatic heterocycles. The van der Waals surface area contributed by atoms with E-state index in [0.29, 0.717) is 0 Å². The fourth-order valence-electron chi connectivity index (χ4n) is 1.02. The van der Waals surface area contributed by atoms with Crippen molar-refractivity contribution < 1.29 is 9.84 Å². The lowest BCUT2D eigenvalue weighted by molar-refractivity contribution is 0.0991. The summed E-state index contributed by atoms with van der Waals surface area (Å²) in [7, 11) is 1.50. The molecule has 0 spiro atoms. The van der Waals surface area contributed by atoms with Crippen molar-refractivity contribution in [3.8, 4) is 5.88 Å². The molecular formula is C8H12N2O4. The fourth-order valence-corrected chi connectivity index (χ4v) is 1.02. The molecule has 0 bridgehead atoms. The first kappa shape index (κ1) is 10.5. The Morgan fingerprint density at radius 1 is 1.64 bits per heavy atom. The van der Waals surface area contributed by atoms with Crippen molar-refractivity contribution in [1.29, 1.82) is 0 Å². The van der Waals surface area contributed by atoms with E-state index in [0.717, 1.165) is 10.6 Å². The van der Waals surface area contributed by atoms with E-state index in [1.807, 2.05) is 4.98 Å². The molecule has 0 fully saturated rings. The van der Waals surface area contributed by atoms with Crippen LogP contribution in [0.2, 0.25) is 0 Å². The summed E-state index contributed by atoms with van der Waals surface area (Å²) >= 11 is 0. The minimum atomic E-state index is -0.640. The van der Waals surface area contributed by atoms with Gasteiger partial charge in [0.15, 0.2) is 0 Å². The summed E-state index contributed by atoms with van der Waals surface area (Å²) in [6.07, 6.45) is -0.218. The predicted octanol–water partition coefficient (Wildman–Crippen LogP) is -0.723. The number of aromatic nitrogens is 2. The Bertz CT molecular complexity index is 420. The monoisotopic (exact) mass is 200 g/mol. The third-order valence-electron chi connectivity index (χ3n) is 1.85. The highest BCUT2D eigenvalue weighted by Crippen LogP contribution is 2.02. The normalized spacial score (nSPS) is 12.7. The molecule has 0 aliphatic heterocycles. The largest absolute Gasteiger partial charge is 0.494 e. The van der Waals surface area contributed by atoms with Crippen LogP contribution in [-0.4, -0.2) is 27.9 Å². The summed E-state index contributed by atoms with van der Waals surface area (Å²) in [5, 5.41) is 9.30. The molecule has 1 heterocycles. The van der Waals surface area contributed by atoms with E-state index in [-0.39, 0.29) is 18.5 Å². The Morgan fingerprint density at radius 2 is 2.29 bits per heavy atom. The maximum atomic E-state index is 11.2. The topological polar surface area (TPSA) is 84.3 Å². The molecule has 6 nitrogen and oxygen atoms in total. The van der Waals surface area contributed by atoms with Crippen LogP contribution in [0.4, 0.5) is 0 Å². The number of nitrogens with zero attached hydrogens (tertiary/aromatic N) is 1. The number of H-pyrrole nitrogens is 1. The minimum absolute atomic E-state index is 0.192. The molecule has 14 heavy (non-hydrogen) atoms. The van der Waals surface area contributed by atoms with Gasteiger partial charge in [-0.3, -0.25) is 14.3 Å². The van der Waals surface area contributed by atoms with Gasteiger partial charge in [0.05, 0.1) is 18.7 Å². The zero-order chi connectivity index (χ0) is 10.7. The van der Waals surface area contributed by atoms with Crippen molar-refractivity contribution in [1.82, 2.24) is 9.55 Å². The van der Waals surface area contributed by atoms with Crippen LogP contribution in [0.25, 0.3) is 0 Å². The molecule has 1 aromatic rings. The maximum absolute atomic E-state index is 11.2. The molecule has 1 atom stereocenters. The van der Waals surface area contributed by atoms with Crippen molar-refractivity contribution in [3.05, 3.63) is 26.9 Å². The van der Waals surface area contributed by atoms with Crippen molar-refractivity contribution in [3.63, 3.8) is 0 Å². The standard InChI is InChI=1S/C8H12N2O4/c1-5(14-2)4-10-7(12)3-6(11)9-8(10)13/h3,5,12H,4H2,1-2H3,(H,9,11,13). The molecule has 6 heteroatoms. The Balaban J connectivity index is 3.09. The third kappa shape index (κ3) is 2.23. The van der Waals surface area contributed by atoms with Crippen LogP contribution in [0.3, 0.4) is 0 Å². The summed E-state index contributed by atoms with van der Waals surface area (Å²) in [4.78, 5) is 24.0. The van der Waals surface area contributed by atoms with Crippen molar-refractivity contribution >= 4 is 0 Å². The average Bonchev–Trinajstić information content (AvgIpc) is 2.10. The second-order valence-electron chi connectivity index (χ2n) is 2.95. The molecule has 1 rings (SSSR count). The second-order valence-corrected chi connectivity index (χ2v) is 2.95. The van der Waals surface area contributed by atoms with Gasteiger partial charge in [-0.25, -0.2) is 4.79 Å². The number of rotatable bonds is 3. The van der Waals surface area contributed by atoms with Gasteiger partial charge in [0.2, 0.25) is 5.88 Å². The second kappa shape index (κ2) is 4.10. The van der Waals surface area contributed by atoms with Crippen LogP contribution in [0.5, 0.6) is 5.88 Å². The quantitative estimate of drug-likeness (QED) is 0.674. The van der Waals surface area contributed by atoms with Crippen LogP contribution in [0, 0.1) is 0 Å². The Labute approximate surface area is 79.8 Å². The minimum Gasteiger partial charge on any atom is -0.494 e. The Morgan fingerprint density at radius 3 is 2.79 bits per heavy atom. The zero-order valence-electron chi connectivity index (χ0n) is 7.98. The van der Waals surface area contributed by atoms with Gasteiger partial charge in [0, 0.05) is 7.11 Å². The lowest BCUT2D eigenvalue weighted by Gasteiger charge is -2.12. The number of aromatic amines is 1. The summed E-state index contributed by atoms with van der Waals surface area (Å²) in [6, 6.07) is 0.948. The van der Waals surface area contributed by atoms with E-state index in [2.05, 4.69) is 0 Å². The summed E-state index contributed by atoms with van der Waals surface area (Å²) < 4.78 is 5.97. The highest BCUT2D eigenvalue weighted by molar-refractivity contribution is 5.05. The number of aromatic hydroxyl groups is 1. The van der Waals surface area contributed by atoms with Crippen molar-refractivity contribution in [2.24, 2.45) is 0 Å². The molecule has 0 aromatic carbocycles. The van der Waals surface area contributed by atoms with Gasteiger partial charge >= 0.3 is 5.69 Å². The predicted molar refractivity (Wildman–Crippen MR) is 49.5 cm³/mol. The van der Waals surface area contributed by atoms with Gasteiger partial charge in [-0.15, -0.1) is 0 Å². The molecule has 0 radical (unpaired) electrons. The molecule has 0 amide bonds. The van der Waals surface area contributed by atoms with E-state index in [1.54, 1.807) is 6.92 Å². The first-order valence-corrected chi connectivity index (χ1v) is 4.10. The summed E-state index contributed by atoms with van der Waals surface area (Å²) in [5.41, 5.74) is -1.26. The van der Waals surface area contributed by atoms with E-state index in [9.17, 15) is 14.7 Å². The average molecular weight is 200 g/mol. The molecule has 0 aliphatic rings. The van der Waals surface area contributed by atoms with Crippen LogP contribution < -0.4 is 11.2 Å². The molecular weight excluding hydrogens is 188 g/mol. The molecule has 0 aliphatic carbocycles. The van der Waals surface area contributed by atoms with Gasteiger partial charge < -0.3 is 9.84 Å². The van der Waals surface area contributed by atoms with Crippen molar-refractivity contribution in [2.75, 3.05) is 7.11 Å². The number of ether oxygens (including phenoxy) is 1. The highest BCUT2D eigenvalue weighted by Gasteiger charge is 2.07. The SMILES string of the molecule is COC(C)Cn1c(O)cc(=O)[nH]c1=O. The Kier molecular flexibility index (Phi) is 3.08. The van der Waals surface area contributed by atoms with Gasteiger partial charge in [0.25, 0.3) is 5.56 Å². The summed E-state index contributed by atoms with van der Waals surface area (Å²) in [5.74, 6) is -0.359. The number of hydrogen-bond acceptors (Lipinski definition) is 4. The maximum Gasteiger partial charge on any atom is 0.331 e. The first-order valence-electron chi connectivity index (χ1n) is 4.10. The lowest BCUT2D eigenvalue weighted by atomic mass is 10.4. The summed E-state index contributed by atoms with van der Waals surface area (Å²) in [6.45, 7) is 1.94. The zero-order valence-corrected chi connectivity index (χ0v) is 7.98. The smallest absolute Gasteiger partial charge is 0.331 e. The van der Waals surface area contributed by atoms with Crippen LogP contribution in [0.1, 0.15) is 6.92 Å². The highest BCUT2D eigenvalue weighted by atomic mass is 16.5. The Hall–Kier alpha value is -1.56. The molecule has 2 N–H and O–H groups in total. The molecule has 0 saturated heterocycles. The molecule has 78 valence electrons. The van der Waals surface area contributed by atoms with Crippen LogP contribution in [0.15, 0.2) is 15.7 Å². The van der Waals surface area contributed by atoms with Crippen LogP contribution in [-0.2, 0) is 11.3 Å². The van der Waals surface area contributed by atoms with E-state index < -0.39 is 11.2 Å². The first-order chi connectivity index (χ1) is 6.54.